The molecule has 0 saturated heterocycles. The Labute approximate surface area is 73.3 Å². The first-order valence-corrected chi connectivity index (χ1v) is 2.73. The van der Waals surface area contributed by atoms with Gasteiger partial charge >= 0.3 is 0 Å². The van der Waals surface area contributed by atoms with E-state index < -0.39 is 0 Å². The number of ketones is 1. The van der Waals surface area contributed by atoms with E-state index in [0.29, 0.717) is 25.9 Å². The topological polar surface area (TPSA) is 69.1 Å². The van der Waals surface area contributed by atoms with Crippen molar-refractivity contribution >= 4 is 30.6 Å². The van der Waals surface area contributed by atoms with E-state index in [1.807, 2.05) is 0 Å². The van der Waals surface area contributed by atoms with Gasteiger partial charge in [0.1, 0.15) is 5.78 Å². The summed E-state index contributed by atoms with van der Waals surface area (Å²) in [6, 6.07) is 0. The molecule has 0 saturated carbocycles. The smallest absolute Gasteiger partial charge is 0.135 e. The van der Waals surface area contributed by atoms with E-state index in [1.165, 1.54) is 0 Å². The molecule has 0 heterocycles. The van der Waals surface area contributed by atoms with Crippen LogP contribution in [-0.2, 0) is 4.79 Å². The van der Waals surface area contributed by atoms with Crippen LogP contribution in [0.4, 0.5) is 0 Å². The first kappa shape index (κ1) is 16.6. The third-order valence-electron chi connectivity index (χ3n) is 0.846. The van der Waals surface area contributed by atoms with Crippen LogP contribution in [0.1, 0.15) is 12.8 Å². The first-order valence-electron chi connectivity index (χ1n) is 2.73. The fourth-order valence-electron chi connectivity index (χ4n) is 0.447. The molecular weight excluding hydrogens is 175 g/mol. The van der Waals surface area contributed by atoms with Gasteiger partial charge in [0.2, 0.25) is 0 Å². The van der Waals surface area contributed by atoms with Crippen LogP contribution in [0.3, 0.4) is 0 Å². The molecule has 0 radical (unpaired) electrons. The van der Waals surface area contributed by atoms with Crippen LogP contribution in [-0.4, -0.2) is 18.9 Å². The Bertz CT molecular complexity index is 72.0. The van der Waals surface area contributed by atoms with Crippen molar-refractivity contribution in [3.63, 3.8) is 0 Å². The molecule has 64 valence electrons. The zero-order valence-electron chi connectivity index (χ0n) is 5.71. The monoisotopic (exact) mass is 188 g/mol. The van der Waals surface area contributed by atoms with E-state index in [-0.39, 0.29) is 30.6 Å². The zero-order chi connectivity index (χ0) is 6.41. The Hall–Kier alpha value is 0.170. The lowest BCUT2D eigenvalue weighted by atomic mass is 10.2. The Kier molecular flexibility index (Phi) is 19.8. The lowest BCUT2D eigenvalue weighted by Gasteiger charge is -1.91. The Morgan fingerprint density at radius 2 is 1.30 bits per heavy atom. The number of rotatable bonds is 4. The van der Waals surface area contributed by atoms with Gasteiger partial charge in [-0.05, 0) is 13.1 Å². The second-order valence-corrected chi connectivity index (χ2v) is 1.62. The largest absolute Gasteiger partial charge is 0.330 e. The highest BCUT2D eigenvalue weighted by atomic mass is 35.5. The van der Waals surface area contributed by atoms with Gasteiger partial charge in [-0.3, -0.25) is 4.79 Å². The number of carbonyl (C=O) groups excluding carboxylic acids is 1. The molecule has 3 nitrogen and oxygen atoms in total. The summed E-state index contributed by atoms with van der Waals surface area (Å²) in [6.07, 6.45) is 0.939. The molecule has 0 spiro atoms. The van der Waals surface area contributed by atoms with Crippen molar-refractivity contribution in [1.82, 2.24) is 0 Å². The predicted octanol–water partition coefficient (Wildman–Crippen LogP) is 0.0967. The molecule has 0 aromatic carbocycles. The predicted molar refractivity (Wildman–Crippen MR) is 46.8 cm³/mol. The minimum atomic E-state index is 0. The molecule has 0 aliphatic carbocycles. The molecule has 0 aliphatic heterocycles. The average molecular weight is 189 g/mol. The van der Waals surface area contributed by atoms with E-state index >= 15 is 0 Å². The third-order valence-corrected chi connectivity index (χ3v) is 0.846. The van der Waals surface area contributed by atoms with Gasteiger partial charge in [0, 0.05) is 12.8 Å². The zero-order valence-corrected chi connectivity index (χ0v) is 7.34. The molecule has 0 aromatic rings. The van der Waals surface area contributed by atoms with Gasteiger partial charge in [-0.1, -0.05) is 0 Å². The lowest BCUT2D eigenvalue weighted by molar-refractivity contribution is -0.118. The van der Waals surface area contributed by atoms with Crippen LogP contribution in [0.15, 0.2) is 0 Å². The van der Waals surface area contributed by atoms with Gasteiger partial charge in [-0.15, -0.1) is 24.8 Å². The maximum atomic E-state index is 10.5. The molecule has 5 heteroatoms. The number of hydrogen-bond acceptors (Lipinski definition) is 3. The van der Waals surface area contributed by atoms with E-state index in [9.17, 15) is 4.79 Å². The van der Waals surface area contributed by atoms with Crippen LogP contribution in [0.2, 0.25) is 0 Å². The molecule has 0 rings (SSSR count). The van der Waals surface area contributed by atoms with Crippen LogP contribution in [0, 0.1) is 0 Å². The fourth-order valence-corrected chi connectivity index (χ4v) is 0.447. The molecule has 0 bridgehead atoms. The Balaban J connectivity index is -0.000000245. The molecule has 0 unspecified atom stereocenters. The number of nitrogens with two attached hydrogens (primary N) is 2. The SMILES string of the molecule is Cl.Cl.NCCC(=O)CCN. The van der Waals surface area contributed by atoms with Gasteiger partial charge in [0.15, 0.2) is 0 Å². The van der Waals surface area contributed by atoms with E-state index in [1.54, 1.807) is 0 Å². The summed E-state index contributed by atoms with van der Waals surface area (Å²) in [6.45, 7) is 0.887. The second-order valence-electron chi connectivity index (χ2n) is 1.62. The van der Waals surface area contributed by atoms with Gasteiger partial charge in [0.05, 0.1) is 0 Å². The van der Waals surface area contributed by atoms with Gasteiger partial charge in [-0.25, -0.2) is 0 Å². The van der Waals surface area contributed by atoms with Gasteiger partial charge in [0.25, 0.3) is 0 Å². The summed E-state index contributed by atoms with van der Waals surface area (Å²) >= 11 is 0. The van der Waals surface area contributed by atoms with Crippen molar-refractivity contribution in [2.45, 2.75) is 12.8 Å². The minimum absolute atomic E-state index is 0. The van der Waals surface area contributed by atoms with Crippen molar-refractivity contribution in [2.75, 3.05) is 13.1 Å². The van der Waals surface area contributed by atoms with Crippen molar-refractivity contribution in [3.05, 3.63) is 0 Å². The molecule has 0 amide bonds. The van der Waals surface area contributed by atoms with Crippen LogP contribution >= 0.6 is 24.8 Å². The Morgan fingerprint density at radius 3 is 1.50 bits per heavy atom. The van der Waals surface area contributed by atoms with Gasteiger partial charge < -0.3 is 11.5 Å². The number of halogens is 2. The lowest BCUT2D eigenvalue weighted by Crippen LogP contribution is -2.12. The molecule has 0 aliphatic rings. The summed E-state index contributed by atoms with van der Waals surface area (Å²) in [5.41, 5.74) is 10.2. The van der Waals surface area contributed by atoms with E-state index in [4.69, 9.17) is 11.5 Å². The second kappa shape index (κ2) is 11.9. The molecule has 4 N–H and O–H groups in total. The number of Topliss-reactive ketones (excluding diaryl/α,β-unsaturated/α-hetero) is 1. The van der Waals surface area contributed by atoms with Crippen molar-refractivity contribution in [1.29, 1.82) is 0 Å². The summed E-state index contributed by atoms with van der Waals surface area (Å²) < 4.78 is 0. The molecule has 0 aromatic heterocycles. The first-order chi connectivity index (χ1) is 3.81. The van der Waals surface area contributed by atoms with Gasteiger partial charge in [-0.2, -0.15) is 0 Å². The van der Waals surface area contributed by atoms with Crippen LogP contribution in [0.5, 0.6) is 0 Å². The van der Waals surface area contributed by atoms with E-state index in [2.05, 4.69) is 0 Å². The molecular formula is C5H14Cl2N2O. The summed E-state index contributed by atoms with van der Waals surface area (Å²) in [5, 5.41) is 0. The summed E-state index contributed by atoms with van der Waals surface area (Å²) in [5.74, 6) is 0.162. The van der Waals surface area contributed by atoms with Crippen molar-refractivity contribution in [2.24, 2.45) is 11.5 Å². The highest BCUT2D eigenvalue weighted by Crippen LogP contribution is 1.83. The van der Waals surface area contributed by atoms with Crippen LogP contribution in [0.25, 0.3) is 0 Å². The standard InChI is InChI=1S/C5H12N2O.2ClH/c6-3-1-5(8)2-4-7;;/h1-4,6-7H2;2*1H. The quantitative estimate of drug-likeness (QED) is 0.658. The fraction of sp³-hybridized carbons (Fsp3) is 0.800. The highest BCUT2D eigenvalue weighted by molar-refractivity contribution is 5.85. The summed E-state index contributed by atoms with van der Waals surface area (Å²) in [7, 11) is 0. The van der Waals surface area contributed by atoms with Crippen molar-refractivity contribution in [3.8, 4) is 0 Å². The minimum Gasteiger partial charge on any atom is -0.330 e. The third kappa shape index (κ3) is 11.0. The maximum Gasteiger partial charge on any atom is 0.135 e. The van der Waals surface area contributed by atoms with E-state index in [0.717, 1.165) is 0 Å². The summed E-state index contributed by atoms with van der Waals surface area (Å²) in [4.78, 5) is 10.5. The Morgan fingerprint density at radius 1 is 1.00 bits per heavy atom. The number of carbonyl (C=O) groups is 1. The number of hydrogen-bond donors (Lipinski definition) is 2. The van der Waals surface area contributed by atoms with Crippen LogP contribution < -0.4 is 11.5 Å². The molecule has 10 heavy (non-hydrogen) atoms. The highest BCUT2D eigenvalue weighted by Gasteiger charge is 1.95. The van der Waals surface area contributed by atoms with Crippen molar-refractivity contribution < 1.29 is 4.79 Å². The maximum absolute atomic E-state index is 10.5. The molecule has 0 atom stereocenters. The average Bonchev–Trinajstić information content (AvgIpc) is 1.68. The normalized spacial score (nSPS) is 7.40. The molecule has 0 fully saturated rings.